The van der Waals surface area contributed by atoms with Crippen LogP contribution in [-0.4, -0.2) is 16.8 Å². The van der Waals surface area contributed by atoms with Gasteiger partial charge in [0.15, 0.2) is 0 Å². The smallest absolute Gasteiger partial charge is 0.272 e. The third-order valence-corrected chi connectivity index (χ3v) is 3.46. The summed E-state index contributed by atoms with van der Waals surface area (Å²) in [5.41, 5.74) is 1.88. The van der Waals surface area contributed by atoms with Gasteiger partial charge in [0.05, 0.1) is 11.9 Å². The second kappa shape index (κ2) is 4.68. The van der Waals surface area contributed by atoms with Gasteiger partial charge in [-0.25, -0.2) is 4.68 Å². The van der Waals surface area contributed by atoms with Crippen LogP contribution in [0.3, 0.4) is 0 Å². The Balaban J connectivity index is 2.43. The minimum atomic E-state index is 0.0544. The molecule has 1 saturated carbocycles. The molecule has 1 fully saturated rings. The van der Waals surface area contributed by atoms with Crippen molar-refractivity contribution in [3.05, 3.63) is 22.1 Å². The maximum Gasteiger partial charge on any atom is 0.272 e. The molecule has 16 heavy (non-hydrogen) atoms. The molecule has 0 bridgehead atoms. The first-order chi connectivity index (χ1) is 7.74. The van der Waals surface area contributed by atoms with Gasteiger partial charge >= 0.3 is 0 Å². The van der Waals surface area contributed by atoms with Gasteiger partial charge in [-0.2, -0.15) is 5.10 Å². The molecule has 0 atom stereocenters. The highest BCUT2D eigenvalue weighted by atomic mass is 16.1. The molecule has 0 radical (unpaired) electrons. The molecule has 1 heterocycles. The lowest BCUT2D eigenvalue weighted by Crippen LogP contribution is -2.27. The van der Waals surface area contributed by atoms with Crippen LogP contribution in [0.5, 0.6) is 0 Å². The average Bonchev–Trinajstić information content (AvgIpc) is 2.33. The third-order valence-electron chi connectivity index (χ3n) is 3.46. The summed E-state index contributed by atoms with van der Waals surface area (Å²) in [7, 11) is 3.57. The number of aromatic nitrogens is 2. The van der Waals surface area contributed by atoms with Crippen molar-refractivity contribution >= 4 is 5.69 Å². The summed E-state index contributed by atoms with van der Waals surface area (Å²) in [6.45, 7) is 0. The van der Waals surface area contributed by atoms with Crippen molar-refractivity contribution in [2.75, 3.05) is 12.4 Å². The number of nitrogens with zero attached hydrogens (tertiary/aromatic N) is 2. The zero-order valence-corrected chi connectivity index (χ0v) is 9.99. The molecule has 0 aromatic carbocycles. The second-order valence-corrected chi connectivity index (χ2v) is 4.49. The normalized spacial score (nSPS) is 17.4. The van der Waals surface area contributed by atoms with Gasteiger partial charge in [0.25, 0.3) is 5.56 Å². The molecule has 4 nitrogen and oxygen atoms in total. The van der Waals surface area contributed by atoms with E-state index in [0.29, 0.717) is 5.92 Å². The lowest BCUT2D eigenvalue weighted by atomic mass is 9.84. The highest BCUT2D eigenvalue weighted by molar-refractivity contribution is 5.49. The van der Waals surface area contributed by atoms with Gasteiger partial charge < -0.3 is 5.32 Å². The fourth-order valence-corrected chi connectivity index (χ4v) is 2.54. The predicted molar refractivity (Wildman–Crippen MR) is 64.9 cm³/mol. The molecule has 0 aliphatic heterocycles. The molecule has 88 valence electrons. The third kappa shape index (κ3) is 1.96. The number of nitrogens with one attached hydrogen (secondary N) is 1. The summed E-state index contributed by atoms with van der Waals surface area (Å²) in [5.74, 6) is 0.415. The number of anilines is 1. The Bertz CT molecular complexity index is 419. The molecular formula is C12H19N3O. The first kappa shape index (κ1) is 11.2. The molecule has 0 unspecified atom stereocenters. The van der Waals surface area contributed by atoms with Crippen LogP contribution in [0.1, 0.15) is 43.6 Å². The van der Waals surface area contributed by atoms with Crippen molar-refractivity contribution in [2.24, 2.45) is 7.05 Å². The summed E-state index contributed by atoms with van der Waals surface area (Å²) in [6.07, 6.45) is 7.79. The van der Waals surface area contributed by atoms with Crippen molar-refractivity contribution < 1.29 is 0 Å². The first-order valence-electron chi connectivity index (χ1n) is 5.98. The van der Waals surface area contributed by atoms with E-state index in [4.69, 9.17) is 0 Å². The molecule has 1 N–H and O–H groups in total. The fraction of sp³-hybridized carbons (Fsp3) is 0.667. The quantitative estimate of drug-likeness (QED) is 0.829. The number of aryl methyl sites for hydroxylation is 1. The van der Waals surface area contributed by atoms with E-state index in [0.717, 1.165) is 24.1 Å². The van der Waals surface area contributed by atoms with Gasteiger partial charge in [-0.15, -0.1) is 0 Å². The summed E-state index contributed by atoms with van der Waals surface area (Å²) in [5, 5.41) is 7.13. The van der Waals surface area contributed by atoms with E-state index in [1.807, 2.05) is 7.05 Å². The molecule has 1 aliphatic carbocycles. The van der Waals surface area contributed by atoms with Crippen molar-refractivity contribution in [1.82, 2.24) is 9.78 Å². The van der Waals surface area contributed by atoms with Gasteiger partial charge in [-0.3, -0.25) is 4.79 Å². The molecule has 0 spiro atoms. The van der Waals surface area contributed by atoms with Crippen molar-refractivity contribution in [2.45, 2.75) is 38.0 Å². The topological polar surface area (TPSA) is 46.9 Å². The minimum Gasteiger partial charge on any atom is -0.386 e. The fourth-order valence-electron chi connectivity index (χ4n) is 2.54. The van der Waals surface area contributed by atoms with Crippen molar-refractivity contribution in [3.63, 3.8) is 0 Å². The summed E-state index contributed by atoms with van der Waals surface area (Å²) in [6, 6.07) is 0. The summed E-state index contributed by atoms with van der Waals surface area (Å²) >= 11 is 0. The monoisotopic (exact) mass is 221 g/mol. The van der Waals surface area contributed by atoms with Crippen LogP contribution in [0.2, 0.25) is 0 Å². The number of hydrogen-bond acceptors (Lipinski definition) is 3. The van der Waals surface area contributed by atoms with E-state index < -0.39 is 0 Å². The molecule has 0 saturated heterocycles. The molecule has 1 aromatic rings. The lowest BCUT2D eigenvalue weighted by Gasteiger charge is -2.23. The van der Waals surface area contributed by atoms with E-state index in [-0.39, 0.29) is 5.56 Å². The Labute approximate surface area is 95.7 Å². The maximum atomic E-state index is 12.1. The van der Waals surface area contributed by atoms with Gasteiger partial charge in [0, 0.05) is 19.7 Å². The molecule has 1 aliphatic rings. The molecular weight excluding hydrogens is 202 g/mol. The average molecular weight is 221 g/mol. The van der Waals surface area contributed by atoms with Gasteiger partial charge in [-0.1, -0.05) is 19.3 Å². The van der Waals surface area contributed by atoms with Gasteiger partial charge in [-0.05, 0) is 18.8 Å². The highest BCUT2D eigenvalue weighted by Gasteiger charge is 2.22. The second-order valence-electron chi connectivity index (χ2n) is 4.49. The Kier molecular flexibility index (Phi) is 3.27. The SMILES string of the molecule is CNc1cnn(C)c(=O)c1C1CCCCC1. The highest BCUT2D eigenvalue weighted by Crippen LogP contribution is 2.33. The molecule has 1 aromatic heterocycles. The summed E-state index contributed by atoms with van der Waals surface area (Å²) < 4.78 is 1.44. The first-order valence-corrected chi connectivity index (χ1v) is 5.98. The Morgan fingerprint density at radius 1 is 1.38 bits per heavy atom. The largest absolute Gasteiger partial charge is 0.386 e. The van der Waals surface area contributed by atoms with Crippen LogP contribution >= 0.6 is 0 Å². The molecule has 4 heteroatoms. The van der Waals surface area contributed by atoms with Crippen LogP contribution in [0, 0.1) is 0 Å². The predicted octanol–water partition coefficient (Wildman–Crippen LogP) is 1.87. The standard InChI is InChI=1S/C12H19N3O/c1-13-10-8-14-15(2)12(16)11(10)9-6-4-3-5-7-9/h8-9,13H,3-7H2,1-2H3. The van der Waals surface area contributed by atoms with Crippen LogP contribution < -0.4 is 10.9 Å². The molecule has 0 amide bonds. The Morgan fingerprint density at radius 3 is 2.69 bits per heavy atom. The van der Waals surface area contributed by atoms with Crippen LogP contribution in [0.25, 0.3) is 0 Å². The zero-order chi connectivity index (χ0) is 11.5. The van der Waals surface area contributed by atoms with Crippen molar-refractivity contribution in [1.29, 1.82) is 0 Å². The lowest BCUT2D eigenvalue weighted by molar-refractivity contribution is 0.438. The van der Waals surface area contributed by atoms with Gasteiger partial charge in [0.2, 0.25) is 0 Å². The van der Waals surface area contributed by atoms with E-state index in [2.05, 4.69) is 10.4 Å². The van der Waals surface area contributed by atoms with Crippen LogP contribution in [0.15, 0.2) is 11.0 Å². The van der Waals surface area contributed by atoms with E-state index in [9.17, 15) is 4.79 Å². The number of rotatable bonds is 2. The Hall–Kier alpha value is -1.32. The zero-order valence-electron chi connectivity index (χ0n) is 9.99. The van der Waals surface area contributed by atoms with E-state index in [1.54, 1.807) is 13.2 Å². The Morgan fingerprint density at radius 2 is 2.06 bits per heavy atom. The van der Waals surface area contributed by atoms with E-state index >= 15 is 0 Å². The van der Waals surface area contributed by atoms with Crippen molar-refractivity contribution in [3.8, 4) is 0 Å². The number of hydrogen-bond donors (Lipinski definition) is 1. The maximum absolute atomic E-state index is 12.1. The van der Waals surface area contributed by atoms with Gasteiger partial charge in [0.1, 0.15) is 0 Å². The van der Waals surface area contributed by atoms with Crippen LogP contribution in [-0.2, 0) is 7.05 Å². The summed E-state index contributed by atoms with van der Waals surface area (Å²) in [4.78, 5) is 12.1. The van der Waals surface area contributed by atoms with Crippen LogP contribution in [0.4, 0.5) is 5.69 Å². The molecule has 2 rings (SSSR count). The minimum absolute atomic E-state index is 0.0544. The van der Waals surface area contributed by atoms with E-state index in [1.165, 1.54) is 23.9 Å².